The van der Waals surface area contributed by atoms with Crippen LogP contribution >= 0.6 is 0 Å². The number of allylic oxidation sites excluding steroid dienone is 13. The van der Waals surface area contributed by atoms with Gasteiger partial charge >= 0.3 is 0 Å². The number of nitrogens with one attached hydrogen (secondary N) is 1. The fraction of sp³-hybridized carbons (Fsp3) is 0.643. The zero-order valence-electron chi connectivity index (χ0n) is 29.8. The summed E-state index contributed by atoms with van der Waals surface area (Å²) in [6, 6.07) is -0.624. The molecule has 2 atom stereocenters. The van der Waals surface area contributed by atoms with E-state index in [0.717, 1.165) is 64.2 Å². The first-order chi connectivity index (χ1) is 22.7. The Morgan fingerprint density at radius 2 is 0.957 bits per heavy atom. The molecule has 1 amide bonds. The Bertz CT molecular complexity index is 864. The van der Waals surface area contributed by atoms with Crippen LogP contribution in [-0.2, 0) is 4.79 Å². The second kappa shape index (κ2) is 37.0. The summed E-state index contributed by atoms with van der Waals surface area (Å²) in [4.78, 5) is 12.2. The lowest BCUT2D eigenvalue weighted by atomic mass is 10.0. The number of rotatable bonds is 32. The third-order valence-corrected chi connectivity index (χ3v) is 7.88. The quantitative estimate of drug-likeness (QED) is 0.0508. The summed E-state index contributed by atoms with van der Waals surface area (Å²) in [5.41, 5.74) is 0. The first-order valence-corrected chi connectivity index (χ1v) is 18.8. The van der Waals surface area contributed by atoms with E-state index in [4.69, 9.17) is 0 Å². The first kappa shape index (κ1) is 43.6. The summed E-state index contributed by atoms with van der Waals surface area (Å²) >= 11 is 0. The normalized spacial score (nSPS) is 14.1. The Hall–Kier alpha value is -2.43. The summed E-state index contributed by atoms with van der Waals surface area (Å²) in [6.45, 7) is 4.07. The average molecular weight is 638 g/mol. The maximum Gasteiger partial charge on any atom is 0.220 e. The molecule has 0 rings (SSSR count). The van der Waals surface area contributed by atoms with E-state index in [1.807, 2.05) is 6.08 Å². The molecule has 0 aromatic carbocycles. The molecule has 0 aliphatic carbocycles. The highest BCUT2D eigenvalue weighted by Crippen LogP contribution is 2.12. The molecule has 0 fully saturated rings. The van der Waals surface area contributed by atoms with Gasteiger partial charge < -0.3 is 15.5 Å². The largest absolute Gasteiger partial charge is 0.394 e. The zero-order valence-corrected chi connectivity index (χ0v) is 29.8. The second-order valence-electron chi connectivity index (χ2n) is 12.3. The van der Waals surface area contributed by atoms with Crippen molar-refractivity contribution in [3.05, 3.63) is 85.1 Å². The van der Waals surface area contributed by atoms with Crippen LogP contribution in [0.1, 0.15) is 155 Å². The van der Waals surface area contributed by atoms with E-state index in [9.17, 15) is 15.0 Å². The van der Waals surface area contributed by atoms with Crippen LogP contribution in [0.3, 0.4) is 0 Å². The minimum Gasteiger partial charge on any atom is -0.394 e. The Morgan fingerprint density at radius 1 is 0.543 bits per heavy atom. The topological polar surface area (TPSA) is 69.6 Å². The molecule has 4 nitrogen and oxygen atoms in total. The Kier molecular flexibility index (Phi) is 35.1. The predicted molar refractivity (Wildman–Crippen MR) is 202 cm³/mol. The minimum atomic E-state index is -0.841. The molecule has 0 radical (unpaired) electrons. The van der Waals surface area contributed by atoms with Crippen LogP contribution in [-0.4, -0.2) is 34.9 Å². The molecule has 0 spiro atoms. The monoisotopic (exact) mass is 638 g/mol. The molecular weight excluding hydrogens is 566 g/mol. The summed E-state index contributed by atoms with van der Waals surface area (Å²) in [5.74, 6) is -0.0819. The van der Waals surface area contributed by atoms with E-state index in [1.165, 1.54) is 70.6 Å². The molecule has 0 aliphatic rings. The molecule has 0 saturated carbocycles. The third-order valence-electron chi connectivity index (χ3n) is 7.88. The van der Waals surface area contributed by atoms with Crippen LogP contribution < -0.4 is 5.32 Å². The van der Waals surface area contributed by atoms with Gasteiger partial charge in [-0.3, -0.25) is 4.79 Å². The van der Waals surface area contributed by atoms with E-state index >= 15 is 0 Å². The van der Waals surface area contributed by atoms with Crippen molar-refractivity contribution in [2.45, 2.75) is 167 Å². The van der Waals surface area contributed by atoms with Crippen LogP contribution in [0.2, 0.25) is 0 Å². The number of hydrogen-bond donors (Lipinski definition) is 3. The molecule has 0 aromatic rings. The lowest BCUT2D eigenvalue weighted by Crippen LogP contribution is -2.45. The van der Waals surface area contributed by atoms with E-state index in [1.54, 1.807) is 6.08 Å². The van der Waals surface area contributed by atoms with Crippen LogP contribution in [0.15, 0.2) is 85.1 Å². The molecule has 4 heteroatoms. The van der Waals surface area contributed by atoms with Crippen LogP contribution in [0.5, 0.6) is 0 Å². The highest BCUT2D eigenvalue weighted by Gasteiger charge is 2.17. The van der Waals surface area contributed by atoms with Gasteiger partial charge in [0.05, 0.1) is 18.8 Å². The van der Waals surface area contributed by atoms with Gasteiger partial charge in [0.15, 0.2) is 0 Å². The molecule has 46 heavy (non-hydrogen) atoms. The Labute approximate surface area is 284 Å². The fourth-order valence-corrected chi connectivity index (χ4v) is 5.00. The van der Waals surface area contributed by atoms with Crippen molar-refractivity contribution in [1.29, 1.82) is 0 Å². The molecule has 0 heterocycles. The molecule has 0 aliphatic heterocycles. The van der Waals surface area contributed by atoms with E-state index < -0.39 is 12.1 Å². The van der Waals surface area contributed by atoms with Crippen molar-refractivity contribution in [1.82, 2.24) is 5.32 Å². The van der Waals surface area contributed by atoms with Crippen molar-refractivity contribution >= 4 is 5.91 Å². The summed E-state index contributed by atoms with van der Waals surface area (Å²) in [5, 5.41) is 22.6. The number of amides is 1. The van der Waals surface area contributed by atoms with Crippen molar-refractivity contribution in [2.24, 2.45) is 0 Å². The van der Waals surface area contributed by atoms with Gasteiger partial charge in [-0.25, -0.2) is 0 Å². The highest BCUT2D eigenvalue weighted by atomic mass is 16.3. The SMILES string of the molecule is CC/C=C\C/C=C\C/C=C\C/C=C\C/C=C\C/C=C\CCCCCCCCCCCCC(=O)NC(CO)C(O)/C=C/CCCCC. The number of unbranched alkanes of at least 4 members (excludes halogenated alkanes) is 13. The van der Waals surface area contributed by atoms with Gasteiger partial charge in [-0.1, -0.05) is 163 Å². The molecule has 0 aromatic heterocycles. The third kappa shape index (κ3) is 32.9. The number of carbonyl (C=O) groups excluding carboxylic acids is 1. The molecule has 3 N–H and O–H groups in total. The summed E-state index contributed by atoms with van der Waals surface area (Å²) in [7, 11) is 0. The molecule has 0 bridgehead atoms. The summed E-state index contributed by atoms with van der Waals surface area (Å²) in [6.07, 6.45) is 54.2. The average Bonchev–Trinajstić information content (AvgIpc) is 3.06. The molecule has 262 valence electrons. The van der Waals surface area contributed by atoms with Gasteiger partial charge in [-0.05, 0) is 70.6 Å². The zero-order chi connectivity index (χ0) is 33.6. The van der Waals surface area contributed by atoms with Gasteiger partial charge in [0.2, 0.25) is 5.91 Å². The van der Waals surface area contributed by atoms with E-state index in [-0.39, 0.29) is 12.5 Å². The smallest absolute Gasteiger partial charge is 0.220 e. The maximum atomic E-state index is 12.2. The van der Waals surface area contributed by atoms with Crippen LogP contribution in [0.4, 0.5) is 0 Å². The Balaban J connectivity index is 3.55. The van der Waals surface area contributed by atoms with Crippen molar-refractivity contribution in [2.75, 3.05) is 6.61 Å². The molecule has 0 saturated heterocycles. The van der Waals surface area contributed by atoms with Crippen molar-refractivity contribution < 1.29 is 15.0 Å². The fourth-order valence-electron chi connectivity index (χ4n) is 5.00. The lowest BCUT2D eigenvalue weighted by Gasteiger charge is -2.20. The van der Waals surface area contributed by atoms with Gasteiger partial charge in [0.25, 0.3) is 0 Å². The van der Waals surface area contributed by atoms with Gasteiger partial charge in [-0.15, -0.1) is 0 Å². The highest BCUT2D eigenvalue weighted by molar-refractivity contribution is 5.76. The number of aliphatic hydroxyl groups is 2. The first-order valence-electron chi connectivity index (χ1n) is 18.8. The van der Waals surface area contributed by atoms with Crippen LogP contribution in [0.25, 0.3) is 0 Å². The second-order valence-corrected chi connectivity index (χ2v) is 12.3. The molecular formula is C42H71NO3. The van der Waals surface area contributed by atoms with E-state index in [0.29, 0.717) is 6.42 Å². The van der Waals surface area contributed by atoms with Gasteiger partial charge in [-0.2, -0.15) is 0 Å². The maximum absolute atomic E-state index is 12.2. The summed E-state index contributed by atoms with van der Waals surface area (Å²) < 4.78 is 0. The lowest BCUT2D eigenvalue weighted by molar-refractivity contribution is -0.123. The minimum absolute atomic E-state index is 0.0819. The number of aliphatic hydroxyl groups excluding tert-OH is 2. The van der Waals surface area contributed by atoms with Crippen molar-refractivity contribution in [3.63, 3.8) is 0 Å². The van der Waals surface area contributed by atoms with Crippen LogP contribution in [0, 0.1) is 0 Å². The predicted octanol–water partition coefficient (Wildman–Crippen LogP) is 11.3. The van der Waals surface area contributed by atoms with E-state index in [2.05, 4.69) is 92.1 Å². The number of carbonyl (C=O) groups is 1. The Morgan fingerprint density at radius 3 is 1.43 bits per heavy atom. The standard InChI is InChI=1S/C42H71NO3/c1-3-5-7-9-10-11-12-13-14-15-16-17-18-19-20-21-22-23-24-25-26-27-28-29-30-31-32-34-36-38-42(46)43-40(39-44)41(45)37-35-33-8-6-4-2/h5,7,10-11,13-14,16-17,19-20,22-23,35,37,40-41,44-45H,3-4,6,8-9,12,15,18,21,24-34,36,38-39H2,1-2H3,(H,43,46)/b7-5-,11-10-,14-13-,17-16-,20-19-,23-22-,37-35+. The van der Waals surface area contributed by atoms with Gasteiger partial charge in [0.1, 0.15) is 0 Å². The van der Waals surface area contributed by atoms with Crippen molar-refractivity contribution in [3.8, 4) is 0 Å². The van der Waals surface area contributed by atoms with Gasteiger partial charge in [0, 0.05) is 6.42 Å². The number of hydrogen-bond acceptors (Lipinski definition) is 3. The molecule has 2 unspecified atom stereocenters.